The maximum Gasteiger partial charge on any atom is 0.272 e. The van der Waals surface area contributed by atoms with Gasteiger partial charge in [0.05, 0.1) is 12.6 Å². The summed E-state index contributed by atoms with van der Waals surface area (Å²) >= 11 is 0. The molecular formula is C15H27N3O2. The summed E-state index contributed by atoms with van der Waals surface area (Å²) < 4.78 is 0. The molecule has 0 fully saturated rings. The summed E-state index contributed by atoms with van der Waals surface area (Å²) in [5.41, 5.74) is 1.37. The second-order valence-corrected chi connectivity index (χ2v) is 5.86. The Kier molecular flexibility index (Phi) is 6.71. The highest BCUT2D eigenvalue weighted by Crippen LogP contribution is 2.10. The molecule has 3 N–H and O–H groups in total. The Bertz CT molecular complexity index is 415. The van der Waals surface area contributed by atoms with Gasteiger partial charge in [-0.2, -0.15) is 5.10 Å². The van der Waals surface area contributed by atoms with Crippen molar-refractivity contribution in [2.45, 2.75) is 53.0 Å². The van der Waals surface area contributed by atoms with E-state index in [1.807, 2.05) is 13.8 Å². The molecular weight excluding hydrogens is 254 g/mol. The highest BCUT2D eigenvalue weighted by atomic mass is 16.3. The first kappa shape index (κ1) is 16.7. The molecule has 1 rings (SSSR count). The molecule has 5 nitrogen and oxygen atoms in total. The molecule has 1 heterocycles. The van der Waals surface area contributed by atoms with Gasteiger partial charge in [0, 0.05) is 5.69 Å². The zero-order valence-corrected chi connectivity index (χ0v) is 12.9. The number of rotatable bonds is 8. The molecule has 0 aliphatic rings. The van der Waals surface area contributed by atoms with Crippen LogP contribution < -0.4 is 5.32 Å². The van der Waals surface area contributed by atoms with Crippen LogP contribution in [0.15, 0.2) is 6.07 Å². The lowest BCUT2D eigenvalue weighted by atomic mass is 10.00. The Morgan fingerprint density at radius 1 is 1.45 bits per heavy atom. The fourth-order valence-electron chi connectivity index (χ4n) is 1.94. The van der Waals surface area contributed by atoms with E-state index in [4.69, 9.17) is 0 Å². The third kappa shape index (κ3) is 4.96. The van der Waals surface area contributed by atoms with Crippen LogP contribution in [0.4, 0.5) is 0 Å². The summed E-state index contributed by atoms with van der Waals surface area (Å²) in [4.78, 5) is 12.1. The summed E-state index contributed by atoms with van der Waals surface area (Å²) in [7, 11) is 0. The number of hydrogen-bond donors (Lipinski definition) is 3. The van der Waals surface area contributed by atoms with Gasteiger partial charge in [-0.15, -0.1) is 0 Å². The molecule has 2 atom stereocenters. The van der Waals surface area contributed by atoms with Gasteiger partial charge >= 0.3 is 0 Å². The summed E-state index contributed by atoms with van der Waals surface area (Å²) in [6.07, 6.45) is 2.87. The van der Waals surface area contributed by atoms with Crippen molar-refractivity contribution in [3.05, 3.63) is 17.5 Å². The first-order chi connectivity index (χ1) is 9.47. The normalized spacial score (nSPS) is 14.3. The lowest BCUT2D eigenvalue weighted by Crippen LogP contribution is -2.42. The summed E-state index contributed by atoms with van der Waals surface area (Å²) in [5, 5.41) is 19.1. The van der Waals surface area contributed by atoms with E-state index in [9.17, 15) is 9.90 Å². The van der Waals surface area contributed by atoms with E-state index in [1.54, 1.807) is 6.07 Å². The van der Waals surface area contributed by atoms with E-state index in [2.05, 4.69) is 29.4 Å². The smallest absolute Gasteiger partial charge is 0.272 e. The molecule has 1 amide bonds. The minimum Gasteiger partial charge on any atom is -0.394 e. The maximum absolute atomic E-state index is 12.1. The number of carbonyl (C=O) groups excluding carboxylic acids is 1. The minimum absolute atomic E-state index is 0.0502. The second kappa shape index (κ2) is 8.04. The van der Waals surface area contributed by atoms with Gasteiger partial charge in [0.1, 0.15) is 5.69 Å². The molecule has 5 heteroatoms. The van der Waals surface area contributed by atoms with Gasteiger partial charge in [-0.05, 0) is 30.7 Å². The largest absolute Gasteiger partial charge is 0.394 e. The predicted octanol–water partition coefficient (Wildman–Crippen LogP) is 2.14. The molecule has 0 aromatic carbocycles. The van der Waals surface area contributed by atoms with Crippen LogP contribution >= 0.6 is 0 Å². The second-order valence-electron chi connectivity index (χ2n) is 5.86. The summed E-state index contributed by atoms with van der Waals surface area (Å²) in [6.45, 7) is 8.34. The highest BCUT2D eigenvalue weighted by Gasteiger charge is 2.19. The first-order valence-corrected chi connectivity index (χ1v) is 7.43. The number of hydrogen-bond acceptors (Lipinski definition) is 3. The molecule has 1 aromatic rings. The zero-order valence-electron chi connectivity index (χ0n) is 12.9. The fraction of sp³-hybridized carbons (Fsp3) is 0.733. The van der Waals surface area contributed by atoms with Crippen molar-refractivity contribution in [2.24, 2.45) is 11.8 Å². The SMILES string of the molecule is CC[C@@H](C)[C@@H](CO)NC(=O)c1cc(CCC(C)C)[nH]n1. The Balaban J connectivity index is 2.59. The van der Waals surface area contributed by atoms with Crippen molar-refractivity contribution in [2.75, 3.05) is 6.61 Å². The topological polar surface area (TPSA) is 78.0 Å². The van der Waals surface area contributed by atoms with Gasteiger partial charge in [0.25, 0.3) is 5.91 Å². The number of aromatic nitrogens is 2. The van der Waals surface area contributed by atoms with Crippen LogP contribution in [0.25, 0.3) is 0 Å². The van der Waals surface area contributed by atoms with Crippen LogP contribution in [-0.4, -0.2) is 33.9 Å². The van der Waals surface area contributed by atoms with Gasteiger partial charge < -0.3 is 10.4 Å². The van der Waals surface area contributed by atoms with Gasteiger partial charge in [-0.1, -0.05) is 34.1 Å². The number of amides is 1. The summed E-state index contributed by atoms with van der Waals surface area (Å²) in [5.74, 6) is 0.638. The monoisotopic (exact) mass is 281 g/mol. The number of aromatic amines is 1. The highest BCUT2D eigenvalue weighted by molar-refractivity contribution is 5.92. The third-order valence-corrected chi connectivity index (χ3v) is 3.70. The number of nitrogens with one attached hydrogen (secondary N) is 2. The van der Waals surface area contributed by atoms with Crippen LogP contribution in [0.5, 0.6) is 0 Å². The Morgan fingerprint density at radius 2 is 2.15 bits per heavy atom. The van der Waals surface area contributed by atoms with Crippen molar-refractivity contribution >= 4 is 5.91 Å². The number of nitrogens with zero attached hydrogens (tertiary/aromatic N) is 1. The third-order valence-electron chi connectivity index (χ3n) is 3.70. The van der Waals surface area contributed by atoms with Gasteiger partial charge in [0.2, 0.25) is 0 Å². The molecule has 20 heavy (non-hydrogen) atoms. The van der Waals surface area contributed by atoms with E-state index < -0.39 is 0 Å². The van der Waals surface area contributed by atoms with Crippen LogP contribution in [0.1, 0.15) is 56.7 Å². The Hall–Kier alpha value is -1.36. The molecule has 0 aliphatic carbocycles. The number of aliphatic hydroxyl groups excluding tert-OH is 1. The first-order valence-electron chi connectivity index (χ1n) is 7.43. The molecule has 0 bridgehead atoms. The molecule has 0 saturated heterocycles. The molecule has 0 unspecified atom stereocenters. The molecule has 0 saturated carbocycles. The van der Waals surface area contributed by atoms with Crippen molar-refractivity contribution in [1.29, 1.82) is 0 Å². The van der Waals surface area contributed by atoms with E-state index in [0.717, 1.165) is 25.0 Å². The van der Waals surface area contributed by atoms with Crippen LogP contribution in [0.2, 0.25) is 0 Å². The van der Waals surface area contributed by atoms with E-state index in [1.165, 1.54) is 0 Å². The van der Waals surface area contributed by atoms with Crippen LogP contribution in [-0.2, 0) is 6.42 Å². The average molecular weight is 281 g/mol. The predicted molar refractivity (Wildman–Crippen MR) is 79.5 cm³/mol. The number of H-pyrrole nitrogens is 1. The Labute approximate surface area is 121 Å². The van der Waals surface area contributed by atoms with Gasteiger partial charge in [-0.25, -0.2) is 0 Å². The summed E-state index contributed by atoms with van der Waals surface area (Å²) in [6, 6.07) is 1.58. The maximum atomic E-state index is 12.1. The quantitative estimate of drug-likeness (QED) is 0.683. The van der Waals surface area contributed by atoms with E-state index in [-0.39, 0.29) is 24.5 Å². The lowest BCUT2D eigenvalue weighted by Gasteiger charge is -2.21. The standard InChI is InChI=1S/C15H27N3O2/c1-5-11(4)14(9-19)16-15(20)13-8-12(17-18-13)7-6-10(2)3/h8,10-11,14,19H,5-7,9H2,1-4H3,(H,16,20)(H,17,18)/t11-,14-/m1/s1. The van der Waals surface area contributed by atoms with Crippen molar-refractivity contribution < 1.29 is 9.90 Å². The van der Waals surface area contributed by atoms with E-state index >= 15 is 0 Å². The molecule has 114 valence electrons. The molecule has 0 aliphatic heterocycles. The Morgan fingerprint density at radius 3 is 2.70 bits per heavy atom. The molecule has 0 spiro atoms. The number of aliphatic hydroxyl groups is 1. The zero-order chi connectivity index (χ0) is 15.1. The average Bonchev–Trinajstić information content (AvgIpc) is 2.90. The van der Waals surface area contributed by atoms with Gasteiger partial charge in [-0.3, -0.25) is 9.89 Å². The molecule has 1 aromatic heterocycles. The number of carbonyl (C=O) groups is 1. The molecule has 0 radical (unpaired) electrons. The lowest BCUT2D eigenvalue weighted by molar-refractivity contribution is 0.0886. The van der Waals surface area contributed by atoms with Crippen LogP contribution in [0.3, 0.4) is 0 Å². The fourth-order valence-corrected chi connectivity index (χ4v) is 1.94. The van der Waals surface area contributed by atoms with Gasteiger partial charge in [0.15, 0.2) is 0 Å². The van der Waals surface area contributed by atoms with E-state index in [0.29, 0.717) is 11.6 Å². The van der Waals surface area contributed by atoms with Crippen molar-refractivity contribution in [3.63, 3.8) is 0 Å². The van der Waals surface area contributed by atoms with Crippen LogP contribution in [0, 0.1) is 11.8 Å². The van der Waals surface area contributed by atoms with Crippen molar-refractivity contribution in [1.82, 2.24) is 15.5 Å². The number of aryl methyl sites for hydroxylation is 1. The minimum atomic E-state index is -0.226. The van der Waals surface area contributed by atoms with Crippen molar-refractivity contribution in [3.8, 4) is 0 Å².